The number of carbonyl (C=O) groups is 2. The number of rotatable bonds is 3. The maximum atomic E-state index is 13.3. The van der Waals surface area contributed by atoms with Gasteiger partial charge in [0.1, 0.15) is 10.7 Å². The second kappa shape index (κ2) is 8.54. The van der Waals surface area contributed by atoms with Gasteiger partial charge in [0, 0.05) is 44.8 Å². The van der Waals surface area contributed by atoms with Gasteiger partial charge in [-0.25, -0.2) is 4.98 Å². The molecule has 7 nitrogen and oxygen atoms in total. The Bertz CT molecular complexity index is 1020. The molecular formula is C24H33N5O2S. The first-order chi connectivity index (χ1) is 15.1. The minimum absolute atomic E-state index is 0.0610. The Balaban J connectivity index is 1.40. The van der Waals surface area contributed by atoms with Gasteiger partial charge in [-0.3, -0.25) is 14.3 Å². The monoisotopic (exact) mass is 455 g/mol. The Labute approximate surface area is 194 Å². The van der Waals surface area contributed by atoms with Gasteiger partial charge in [-0.05, 0) is 49.1 Å². The number of carbonyl (C=O) groups excluding carboxylic acids is 2. The van der Waals surface area contributed by atoms with Crippen LogP contribution in [0.5, 0.6) is 0 Å². The van der Waals surface area contributed by atoms with Crippen LogP contribution in [0.3, 0.4) is 0 Å². The molecule has 0 radical (unpaired) electrons. The van der Waals surface area contributed by atoms with Crippen molar-refractivity contribution in [1.82, 2.24) is 24.6 Å². The second-order valence-corrected chi connectivity index (χ2v) is 10.9. The van der Waals surface area contributed by atoms with Gasteiger partial charge in [-0.1, -0.05) is 20.8 Å². The topological polar surface area (TPSA) is 71.3 Å². The molecule has 0 bridgehead atoms. The highest BCUT2D eigenvalue weighted by molar-refractivity contribution is 7.98. The molecule has 4 heterocycles. The van der Waals surface area contributed by atoms with E-state index < -0.39 is 0 Å². The van der Waals surface area contributed by atoms with E-state index >= 15 is 0 Å². The van der Waals surface area contributed by atoms with Crippen molar-refractivity contribution in [3.63, 3.8) is 0 Å². The van der Waals surface area contributed by atoms with Gasteiger partial charge < -0.3 is 9.80 Å². The van der Waals surface area contributed by atoms with Crippen molar-refractivity contribution in [2.75, 3.05) is 32.4 Å². The number of amides is 2. The highest BCUT2D eigenvalue weighted by atomic mass is 32.2. The molecule has 8 heteroatoms. The molecule has 32 heavy (non-hydrogen) atoms. The quantitative estimate of drug-likeness (QED) is 0.662. The van der Waals surface area contributed by atoms with E-state index in [0.29, 0.717) is 11.3 Å². The number of aryl methyl sites for hydroxylation is 1. The number of hydrogen-bond acceptors (Lipinski definition) is 5. The van der Waals surface area contributed by atoms with Crippen molar-refractivity contribution in [3.05, 3.63) is 41.3 Å². The summed E-state index contributed by atoms with van der Waals surface area (Å²) in [6.45, 7) is 9.30. The van der Waals surface area contributed by atoms with Gasteiger partial charge in [0.25, 0.3) is 11.8 Å². The SMILES string of the molecule is CSc1ncccc1C(=O)N1CCC2(CC1)CCN(C(=O)c1cc(C(C)(C)C)nn1C)C2. The smallest absolute Gasteiger partial charge is 0.272 e. The molecule has 2 fully saturated rings. The normalized spacial score (nSPS) is 18.4. The summed E-state index contributed by atoms with van der Waals surface area (Å²) in [6, 6.07) is 5.62. The van der Waals surface area contributed by atoms with Crippen molar-refractivity contribution < 1.29 is 9.59 Å². The zero-order valence-electron chi connectivity index (χ0n) is 19.7. The Hall–Kier alpha value is -2.35. The van der Waals surface area contributed by atoms with Crippen LogP contribution < -0.4 is 0 Å². The summed E-state index contributed by atoms with van der Waals surface area (Å²) in [5.41, 5.74) is 2.29. The minimum atomic E-state index is -0.0910. The van der Waals surface area contributed by atoms with Gasteiger partial charge >= 0.3 is 0 Å². The number of pyridine rings is 1. The molecule has 0 aromatic carbocycles. The van der Waals surface area contributed by atoms with E-state index in [-0.39, 0.29) is 22.6 Å². The van der Waals surface area contributed by atoms with E-state index in [1.807, 2.05) is 41.3 Å². The molecular weight excluding hydrogens is 422 g/mol. The lowest BCUT2D eigenvalue weighted by Gasteiger charge is -2.39. The molecule has 0 saturated carbocycles. The van der Waals surface area contributed by atoms with Crippen molar-refractivity contribution in [2.24, 2.45) is 12.5 Å². The summed E-state index contributed by atoms with van der Waals surface area (Å²) in [6.07, 6.45) is 6.52. The third kappa shape index (κ3) is 4.29. The van der Waals surface area contributed by atoms with Gasteiger partial charge in [0.05, 0.1) is 11.3 Å². The third-order valence-corrected chi connectivity index (χ3v) is 7.61. The van der Waals surface area contributed by atoms with Crippen molar-refractivity contribution in [2.45, 2.75) is 50.5 Å². The number of likely N-dealkylation sites (tertiary alicyclic amines) is 2. The zero-order chi connectivity index (χ0) is 23.1. The van der Waals surface area contributed by atoms with E-state index in [4.69, 9.17) is 0 Å². The molecule has 2 amide bonds. The van der Waals surface area contributed by atoms with E-state index in [2.05, 4.69) is 30.9 Å². The Morgan fingerprint density at radius 2 is 1.72 bits per heavy atom. The molecule has 4 rings (SSSR count). The molecule has 2 saturated heterocycles. The van der Waals surface area contributed by atoms with Crippen LogP contribution in [0.2, 0.25) is 0 Å². The van der Waals surface area contributed by atoms with E-state index in [0.717, 1.165) is 56.2 Å². The van der Waals surface area contributed by atoms with Crippen LogP contribution in [0.1, 0.15) is 66.6 Å². The Morgan fingerprint density at radius 3 is 2.31 bits per heavy atom. The first-order valence-corrected chi connectivity index (χ1v) is 12.5. The number of hydrogen-bond donors (Lipinski definition) is 0. The summed E-state index contributed by atoms with van der Waals surface area (Å²) in [5, 5.41) is 5.35. The van der Waals surface area contributed by atoms with E-state index in [1.54, 1.807) is 10.9 Å². The molecule has 0 aliphatic carbocycles. The van der Waals surface area contributed by atoms with Gasteiger partial charge in [-0.15, -0.1) is 11.8 Å². The lowest BCUT2D eigenvalue weighted by atomic mass is 9.77. The first kappa shape index (κ1) is 22.8. The van der Waals surface area contributed by atoms with Crippen molar-refractivity contribution >= 4 is 23.6 Å². The van der Waals surface area contributed by atoms with Crippen LogP contribution >= 0.6 is 11.8 Å². The maximum Gasteiger partial charge on any atom is 0.272 e. The van der Waals surface area contributed by atoms with Crippen LogP contribution in [0, 0.1) is 5.41 Å². The summed E-state index contributed by atoms with van der Waals surface area (Å²) in [5.74, 6) is 0.124. The first-order valence-electron chi connectivity index (χ1n) is 11.3. The lowest BCUT2D eigenvalue weighted by Crippen LogP contribution is -2.45. The molecule has 2 aliphatic rings. The summed E-state index contributed by atoms with van der Waals surface area (Å²) in [7, 11) is 1.85. The number of nitrogens with zero attached hydrogens (tertiary/aromatic N) is 5. The highest BCUT2D eigenvalue weighted by Gasteiger charge is 2.43. The van der Waals surface area contributed by atoms with Crippen LogP contribution in [0.4, 0.5) is 0 Å². The fourth-order valence-electron chi connectivity index (χ4n) is 4.78. The average Bonchev–Trinajstić information content (AvgIpc) is 3.37. The largest absolute Gasteiger partial charge is 0.339 e. The van der Waals surface area contributed by atoms with Gasteiger partial charge in [0.2, 0.25) is 0 Å². The zero-order valence-corrected chi connectivity index (χ0v) is 20.5. The molecule has 0 atom stereocenters. The third-order valence-electron chi connectivity index (χ3n) is 6.90. The minimum Gasteiger partial charge on any atom is -0.339 e. The fraction of sp³-hybridized carbons (Fsp3) is 0.583. The highest BCUT2D eigenvalue weighted by Crippen LogP contribution is 2.41. The Kier molecular flexibility index (Phi) is 6.09. The lowest BCUT2D eigenvalue weighted by molar-refractivity contribution is 0.0560. The molecule has 0 N–H and O–H groups in total. The maximum absolute atomic E-state index is 13.3. The number of aromatic nitrogens is 3. The summed E-state index contributed by atoms with van der Waals surface area (Å²) < 4.78 is 1.71. The van der Waals surface area contributed by atoms with Crippen LogP contribution in [-0.2, 0) is 12.5 Å². The number of piperidine rings is 1. The molecule has 2 aromatic heterocycles. The summed E-state index contributed by atoms with van der Waals surface area (Å²) >= 11 is 1.50. The van der Waals surface area contributed by atoms with Crippen LogP contribution in [0.25, 0.3) is 0 Å². The Morgan fingerprint density at radius 1 is 1.06 bits per heavy atom. The second-order valence-electron chi connectivity index (χ2n) is 10.1. The van der Waals surface area contributed by atoms with Gasteiger partial charge in [-0.2, -0.15) is 5.10 Å². The van der Waals surface area contributed by atoms with Crippen LogP contribution in [-0.4, -0.2) is 68.8 Å². The molecule has 1 spiro atoms. The molecule has 2 aromatic rings. The predicted molar refractivity (Wildman–Crippen MR) is 126 cm³/mol. The number of thioether (sulfide) groups is 1. The van der Waals surface area contributed by atoms with E-state index in [1.165, 1.54) is 11.8 Å². The average molecular weight is 456 g/mol. The van der Waals surface area contributed by atoms with E-state index in [9.17, 15) is 9.59 Å². The summed E-state index contributed by atoms with van der Waals surface area (Å²) in [4.78, 5) is 34.6. The molecule has 172 valence electrons. The molecule has 0 unspecified atom stereocenters. The predicted octanol–water partition coefficient (Wildman–Crippen LogP) is 3.60. The molecule has 2 aliphatic heterocycles. The van der Waals surface area contributed by atoms with Crippen molar-refractivity contribution in [1.29, 1.82) is 0 Å². The van der Waals surface area contributed by atoms with Crippen molar-refractivity contribution in [3.8, 4) is 0 Å². The fourth-order valence-corrected chi connectivity index (χ4v) is 5.32. The van der Waals surface area contributed by atoms with Crippen LogP contribution in [0.15, 0.2) is 29.4 Å². The van der Waals surface area contributed by atoms with Gasteiger partial charge in [0.15, 0.2) is 0 Å². The standard InChI is InChI=1S/C24H33N5O2S/c1-23(2,3)19-15-18(27(4)26-19)22(31)29-14-10-24(16-29)8-12-28(13-9-24)21(30)17-7-6-11-25-20(17)32-5/h6-7,11,15H,8-10,12-14,16H2,1-5H3.